The Morgan fingerprint density at radius 3 is 2.77 bits per heavy atom. The van der Waals surface area contributed by atoms with E-state index < -0.39 is 0 Å². The molecule has 0 amide bonds. The second-order valence-electron chi connectivity index (χ2n) is 4.49. The second kappa shape index (κ2) is 4.94. The molecule has 1 fully saturated rings. The first-order valence-electron chi connectivity index (χ1n) is 5.13. The summed E-state index contributed by atoms with van der Waals surface area (Å²) in [5, 5.41) is 9.20. The lowest BCUT2D eigenvalue weighted by atomic mass is 10.1. The molecule has 0 spiro atoms. The van der Waals surface area contributed by atoms with Gasteiger partial charge in [-0.3, -0.25) is 0 Å². The van der Waals surface area contributed by atoms with E-state index in [0.717, 1.165) is 19.0 Å². The normalized spacial score (nSPS) is 27.0. The van der Waals surface area contributed by atoms with Crippen molar-refractivity contribution in [1.29, 1.82) is 0 Å². The highest BCUT2D eigenvalue weighted by Gasteiger charge is 2.20. The molecule has 1 aliphatic rings. The third-order valence-electron chi connectivity index (χ3n) is 2.63. The molecule has 0 aromatic rings. The number of aliphatic hydroxyl groups excluding tert-OH is 1. The molecular formula is C10H22N2O. The summed E-state index contributed by atoms with van der Waals surface area (Å²) in [5.41, 5.74) is 0. The lowest BCUT2D eigenvalue weighted by Crippen LogP contribution is -2.32. The summed E-state index contributed by atoms with van der Waals surface area (Å²) in [4.78, 5) is 4.61. The predicted molar refractivity (Wildman–Crippen MR) is 54.8 cm³/mol. The van der Waals surface area contributed by atoms with Gasteiger partial charge < -0.3 is 14.9 Å². The van der Waals surface area contributed by atoms with Crippen LogP contribution in [0.4, 0.5) is 0 Å². The topological polar surface area (TPSA) is 26.7 Å². The van der Waals surface area contributed by atoms with E-state index in [2.05, 4.69) is 23.9 Å². The largest absolute Gasteiger partial charge is 0.392 e. The van der Waals surface area contributed by atoms with Crippen LogP contribution in [0.2, 0.25) is 0 Å². The summed E-state index contributed by atoms with van der Waals surface area (Å²) >= 11 is 0. The Morgan fingerprint density at radius 1 is 1.62 bits per heavy atom. The van der Waals surface area contributed by atoms with Gasteiger partial charge in [0.15, 0.2) is 0 Å². The average Bonchev–Trinajstić information content (AvgIpc) is 2.33. The van der Waals surface area contributed by atoms with E-state index in [0.29, 0.717) is 0 Å². The smallest absolute Gasteiger partial charge is 0.0638 e. The molecule has 1 N–H and O–H groups in total. The summed E-state index contributed by atoms with van der Waals surface area (Å²) < 4.78 is 0. The van der Waals surface area contributed by atoms with Crippen molar-refractivity contribution in [3.05, 3.63) is 0 Å². The van der Waals surface area contributed by atoms with Crippen LogP contribution >= 0.6 is 0 Å². The van der Waals surface area contributed by atoms with Gasteiger partial charge in [-0.05, 0) is 39.9 Å². The second-order valence-corrected chi connectivity index (χ2v) is 4.49. The van der Waals surface area contributed by atoms with E-state index in [1.165, 1.54) is 19.5 Å². The van der Waals surface area contributed by atoms with E-state index in [-0.39, 0.29) is 6.10 Å². The molecule has 0 aromatic heterocycles. The molecule has 1 saturated heterocycles. The van der Waals surface area contributed by atoms with Crippen LogP contribution in [0.15, 0.2) is 0 Å². The molecule has 3 nitrogen and oxygen atoms in total. The predicted octanol–water partition coefficient (Wildman–Crippen LogP) is 0.251. The van der Waals surface area contributed by atoms with E-state index in [9.17, 15) is 5.11 Å². The van der Waals surface area contributed by atoms with Gasteiger partial charge in [0, 0.05) is 19.6 Å². The minimum Gasteiger partial charge on any atom is -0.392 e. The quantitative estimate of drug-likeness (QED) is 0.682. The number of hydrogen-bond acceptors (Lipinski definition) is 3. The van der Waals surface area contributed by atoms with Crippen LogP contribution in [0.5, 0.6) is 0 Å². The highest BCUT2D eigenvalue weighted by molar-refractivity contribution is 4.75. The van der Waals surface area contributed by atoms with Gasteiger partial charge in [0.25, 0.3) is 0 Å². The summed E-state index contributed by atoms with van der Waals surface area (Å²) in [7, 11) is 4.26. The van der Waals surface area contributed by atoms with Crippen LogP contribution in [0.3, 0.4) is 0 Å². The Bertz CT molecular complexity index is 150. The molecule has 0 radical (unpaired) electrons. The lowest BCUT2D eigenvalue weighted by molar-refractivity contribution is 0.132. The van der Waals surface area contributed by atoms with Crippen LogP contribution in [0, 0.1) is 5.92 Å². The first kappa shape index (κ1) is 11.0. The van der Waals surface area contributed by atoms with Gasteiger partial charge in [-0.15, -0.1) is 0 Å². The van der Waals surface area contributed by atoms with Crippen molar-refractivity contribution in [2.24, 2.45) is 5.92 Å². The van der Waals surface area contributed by atoms with Crippen LogP contribution in [0.25, 0.3) is 0 Å². The van der Waals surface area contributed by atoms with Crippen LogP contribution in [-0.2, 0) is 0 Å². The molecule has 0 saturated carbocycles. The maximum atomic E-state index is 9.20. The third kappa shape index (κ3) is 4.07. The Morgan fingerprint density at radius 2 is 2.31 bits per heavy atom. The highest BCUT2D eigenvalue weighted by Crippen LogP contribution is 2.14. The standard InChI is InChI=1S/C10H22N2O/c1-9(13)6-12(3)8-10-4-5-11(2)7-10/h9-10,13H,4-8H2,1-3H3/t9-,10?/m1/s1. The highest BCUT2D eigenvalue weighted by atomic mass is 16.3. The molecule has 78 valence electrons. The Balaban J connectivity index is 2.16. The Kier molecular flexibility index (Phi) is 4.16. The zero-order valence-electron chi connectivity index (χ0n) is 9.03. The van der Waals surface area contributed by atoms with E-state index in [1.807, 2.05) is 6.92 Å². The maximum absolute atomic E-state index is 9.20. The number of nitrogens with zero attached hydrogens (tertiary/aromatic N) is 2. The van der Waals surface area contributed by atoms with Crippen LogP contribution < -0.4 is 0 Å². The van der Waals surface area contributed by atoms with Crippen LogP contribution in [0.1, 0.15) is 13.3 Å². The Labute approximate surface area is 81.3 Å². The van der Waals surface area contributed by atoms with Gasteiger partial charge in [0.05, 0.1) is 6.10 Å². The monoisotopic (exact) mass is 186 g/mol. The summed E-state index contributed by atoms with van der Waals surface area (Å²) in [6, 6.07) is 0. The van der Waals surface area contributed by atoms with Crippen LogP contribution in [-0.4, -0.2) is 61.3 Å². The van der Waals surface area contributed by atoms with Crippen molar-refractivity contribution in [3.63, 3.8) is 0 Å². The first-order chi connectivity index (χ1) is 6.08. The summed E-state index contributed by atoms with van der Waals surface area (Å²) in [5.74, 6) is 0.800. The number of aliphatic hydroxyl groups is 1. The molecule has 0 aromatic carbocycles. The molecule has 0 bridgehead atoms. The maximum Gasteiger partial charge on any atom is 0.0638 e. The summed E-state index contributed by atoms with van der Waals surface area (Å²) in [6.07, 6.45) is 1.10. The number of likely N-dealkylation sites (tertiary alicyclic amines) is 1. The molecule has 1 rings (SSSR count). The van der Waals surface area contributed by atoms with E-state index in [4.69, 9.17) is 0 Å². The van der Waals surface area contributed by atoms with Crippen molar-refractivity contribution in [1.82, 2.24) is 9.80 Å². The van der Waals surface area contributed by atoms with Gasteiger partial charge in [0.1, 0.15) is 0 Å². The first-order valence-corrected chi connectivity index (χ1v) is 5.13. The molecule has 1 aliphatic heterocycles. The van der Waals surface area contributed by atoms with Gasteiger partial charge in [0.2, 0.25) is 0 Å². The van der Waals surface area contributed by atoms with E-state index >= 15 is 0 Å². The van der Waals surface area contributed by atoms with E-state index in [1.54, 1.807) is 0 Å². The van der Waals surface area contributed by atoms with Crippen molar-refractivity contribution >= 4 is 0 Å². The summed E-state index contributed by atoms with van der Waals surface area (Å²) in [6.45, 7) is 6.20. The van der Waals surface area contributed by atoms with Crippen molar-refractivity contribution in [2.45, 2.75) is 19.4 Å². The fraction of sp³-hybridized carbons (Fsp3) is 1.00. The van der Waals surface area contributed by atoms with Gasteiger partial charge >= 0.3 is 0 Å². The van der Waals surface area contributed by atoms with Crippen molar-refractivity contribution in [3.8, 4) is 0 Å². The molecule has 1 unspecified atom stereocenters. The molecule has 3 heteroatoms. The average molecular weight is 186 g/mol. The minimum absolute atomic E-state index is 0.205. The molecular weight excluding hydrogens is 164 g/mol. The molecule has 1 heterocycles. The molecule has 13 heavy (non-hydrogen) atoms. The third-order valence-corrected chi connectivity index (χ3v) is 2.63. The number of rotatable bonds is 4. The lowest BCUT2D eigenvalue weighted by Gasteiger charge is -2.21. The molecule has 2 atom stereocenters. The van der Waals surface area contributed by atoms with Crippen molar-refractivity contribution in [2.75, 3.05) is 40.3 Å². The van der Waals surface area contributed by atoms with Gasteiger partial charge in [-0.25, -0.2) is 0 Å². The fourth-order valence-electron chi connectivity index (χ4n) is 2.14. The minimum atomic E-state index is -0.205. The fourth-order valence-corrected chi connectivity index (χ4v) is 2.14. The van der Waals surface area contributed by atoms with Gasteiger partial charge in [-0.1, -0.05) is 0 Å². The number of hydrogen-bond donors (Lipinski definition) is 1. The SMILES string of the molecule is C[C@@H](O)CN(C)CC1CCN(C)C1. The zero-order chi connectivity index (χ0) is 9.84. The Hall–Kier alpha value is -0.120. The van der Waals surface area contributed by atoms with Gasteiger partial charge in [-0.2, -0.15) is 0 Å². The molecule has 0 aliphatic carbocycles. The zero-order valence-corrected chi connectivity index (χ0v) is 9.03. The van der Waals surface area contributed by atoms with Crippen molar-refractivity contribution < 1.29 is 5.11 Å². The number of likely N-dealkylation sites (N-methyl/N-ethyl adjacent to an activating group) is 1.